The first-order chi connectivity index (χ1) is 8.70. The average molecular weight is 284 g/mol. The van der Waals surface area contributed by atoms with E-state index < -0.39 is 0 Å². The summed E-state index contributed by atoms with van der Waals surface area (Å²) in [5, 5.41) is 0. The van der Waals surface area contributed by atoms with Crippen LogP contribution in [0.25, 0.3) is 0 Å². The van der Waals surface area contributed by atoms with Gasteiger partial charge >= 0.3 is 0 Å². The first kappa shape index (κ1) is 12.9. The van der Waals surface area contributed by atoms with E-state index in [0.29, 0.717) is 5.92 Å². The highest BCUT2D eigenvalue weighted by molar-refractivity contribution is 7.99. The minimum absolute atomic E-state index is 0.129. The molecule has 0 aromatic carbocycles. The summed E-state index contributed by atoms with van der Waals surface area (Å²) in [6, 6.07) is 0.142. The number of aromatic nitrogens is 1. The zero-order valence-electron chi connectivity index (χ0n) is 10.7. The van der Waals surface area contributed by atoms with Crippen molar-refractivity contribution >= 4 is 23.1 Å². The van der Waals surface area contributed by atoms with Gasteiger partial charge < -0.3 is 10.5 Å². The molecule has 3 atom stereocenters. The van der Waals surface area contributed by atoms with Gasteiger partial charge in [-0.3, -0.25) is 0 Å². The van der Waals surface area contributed by atoms with Crippen molar-refractivity contribution in [3.05, 3.63) is 16.1 Å². The standard InChI is InChI=1S/C13H20N2OS2/c1-9-12(18-8-15-9)11(14)10-2-4-16-13(6-10)3-5-17-7-13/h8,10-11H,2-7,14H2,1H3. The van der Waals surface area contributed by atoms with Crippen LogP contribution in [0.1, 0.15) is 35.9 Å². The Labute approximate surface area is 117 Å². The highest BCUT2D eigenvalue weighted by Crippen LogP contribution is 2.44. The van der Waals surface area contributed by atoms with E-state index in [-0.39, 0.29) is 11.6 Å². The number of rotatable bonds is 2. The number of thioether (sulfide) groups is 1. The molecule has 3 nitrogen and oxygen atoms in total. The van der Waals surface area contributed by atoms with Crippen LogP contribution in [-0.2, 0) is 4.74 Å². The molecule has 5 heteroatoms. The first-order valence-corrected chi connectivity index (χ1v) is 8.61. The Bertz CT molecular complexity index is 415. The van der Waals surface area contributed by atoms with Crippen LogP contribution < -0.4 is 5.73 Å². The van der Waals surface area contributed by atoms with Crippen molar-refractivity contribution in [1.82, 2.24) is 4.98 Å². The molecule has 0 radical (unpaired) electrons. The van der Waals surface area contributed by atoms with Crippen molar-refractivity contribution in [3.63, 3.8) is 0 Å². The summed E-state index contributed by atoms with van der Waals surface area (Å²) in [5.41, 5.74) is 9.62. The van der Waals surface area contributed by atoms with Crippen molar-refractivity contribution in [3.8, 4) is 0 Å². The van der Waals surface area contributed by atoms with E-state index in [1.54, 1.807) is 11.3 Å². The molecule has 0 bridgehead atoms. The summed E-state index contributed by atoms with van der Waals surface area (Å²) in [7, 11) is 0. The molecule has 2 aliphatic heterocycles. The number of ether oxygens (including phenoxy) is 1. The summed E-state index contributed by atoms with van der Waals surface area (Å²) in [6.07, 6.45) is 3.41. The minimum atomic E-state index is 0.129. The maximum absolute atomic E-state index is 6.47. The molecule has 1 aromatic rings. The van der Waals surface area contributed by atoms with Crippen LogP contribution in [0.4, 0.5) is 0 Å². The van der Waals surface area contributed by atoms with Gasteiger partial charge in [0.25, 0.3) is 0 Å². The minimum Gasteiger partial charge on any atom is -0.374 e. The highest BCUT2D eigenvalue weighted by atomic mass is 32.2. The van der Waals surface area contributed by atoms with Crippen molar-refractivity contribution in [2.75, 3.05) is 18.1 Å². The lowest BCUT2D eigenvalue weighted by Crippen LogP contribution is -2.42. The smallest absolute Gasteiger partial charge is 0.0798 e. The number of aryl methyl sites for hydroxylation is 1. The number of nitrogens with zero attached hydrogens (tertiary/aromatic N) is 1. The van der Waals surface area contributed by atoms with E-state index in [1.807, 2.05) is 17.3 Å². The third-order valence-corrected chi connectivity index (χ3v) is 6.45. The van der Waals surface area contributed by atoms with E-state index in [0.717, 1.165) is 30.9 Å². The van der Waals surface area contributed by atoms with Crippen LogP contribution in [-0.4, -0.2) is 28.7 Å². The van der Waals surface area contributed by atoms with Crippen LogP contribution in [0, 0.1) is 12.8 Å². The molecule has 100 valence electrons. The molecule has 0 saturated carbocycles. The monoisotopic (exact) mass is 284 g/mol. The Kier molecular flexibility index (Phi) is 3.67. The average Bonchev–Trinajstić information content (AvgIpc) is 2.98. The van der Waals surface area contributed by atoms with Gasteiger partial charge in [0.1, 0.15) is 0 Å². The van der Waals surface area contributed by atoms with Crippen LogP contribution in [0.2, 0.25) is 0 Å². The lowest BCUT2D eigenvalue weighted by molar-refractivity contribution is -0.0833. The third-order valence-electron chi connectivity index (χ3n) is 4.19. The Balaban J connectivity index is 1.74. The normalized spacial score (nSPS) is 34.0. The topological polar surface area (TPSA) is 48.1 Å². The third kappa shape index (κ3) is 2.33. The molecule has 18 heavy (non-hydrogen) atoms. The zero-order chi connectivity index (χ0) is 12.6. The summed E-state index contributed by atoms with van der Waals surface area (Å²) in [5.74, 6) is 2.94. The van der Waals surface area contributed by atoms with Gasteiger partial charge in [-0.2, -0.15) is 11.8 Å². The molecule has 1 spiro atoms. The predicted molar refractivity (Wildman–Crippen MR) is 77.1 cm³/mol. The van der Waals surface area contributed by atoms with Gasteiger partial charge in [0.05, 0.1) is 16.8 Å². The quantitative estimate of drug-likeness (QED) is 0.907. The Hall–Kier alpha value is -0.100. The van der Waals surface area contributed by atoms with Gasteiger partial charge in [-0.15, -0.1) is 11.3 Å². The lowest BCUT2D eigenvalue weighted by Gasteiger charge is -2.39. The largest absolute Gasteiger partial charge is 0.374 e. The summed E-state index contributed by atoms with van der Waals surface area (Å²) in [6.45, 7) is 2.93. The predicted octanol–water partition coefficient (Wildman–Crippen LogP) is 2.75. The summed E-state index contributed by atoms with van der Waals surface area (Å²) in [4.78, 5) is 5.59. The molecule has 2 saturated heterocycles. The molecule has 2 aliphatic rings. The lowest BCUT2D eigenvalue weighted by atomic mass is 9.81. The molecular formula is C13H20N2OS2. The van der Waals surface area contributed by atoms with Gasteiger partial charge in [-0.25, -0.2) is 4.98 Å². The number of hydrogen-bond donors (Lipinski definition) is 1. The molecule has 2 fully saturated rings. The van der Waals surface area contributed by atoms with Gasteiger partial charge in [-0.05, 0) is 37.9 Å². The van der Waals surface area contributed by atoms with E-state index in [4.69, 9.17) is 10.5 Å². The number of nitrogens with two attached hydrogens (primary N) is 1. The van der Waals surface area contributed by atoms with E-state index in [1.165, 1.54) is 17.1 Å². The maximum atomic E-state index is 6.47. The maximum Gasteiger partial charge on any atom is 0.0798 e. The van der Waals surface area contributed by atoms with Crippen molar-refractivity contribution in [2.24, 2.45) is 11.7 Å². The SMILES string of the molecule is Cc1ncsc1C(N)C1CCOC2(CCSC2)C1. The number of thiazole rings is 1. The van der Waals surface area contributed by atoms with Crippen molar-refractivity contribution in [1.29, 1.82) is 0 Å². The second-order valence-corrected chi connectivity index (χ2v) is 7.41. The van der Waals surface area contributed by atoms with Gasteiger partial charge in [0.15, 0.2) is 0 Å². The molecule has 0 aliphatic carbocycles. The van der Waals surface area contributed by atoms with Crippen molar-refractivity contribution < 1.29 is 4.74 Å². The fourth-order valence-electron chi connectivity index (χ4n) is 3.08. The molecular weight excluding hydrogens is 264 g/mol. The van der Waals surface area contributed by atoms with Crippen molar-refractivity contribution in [2.45, 2.75) is 37.8 Å². The molecule has 3 heterocycles. The van der Waals surface area contributed by atoms with E-state index in [9.17, 15) is 0 Å². The van der Waals surface area contributed by atoms with Gasteiger partial charge in [0.2, 0.25) is 0 Å². The van der Waals surface area contributed by atoms with Gasteiger partial charge in [-0.1, -0.05) is 0 Å². The highest BCUT2D eigenvalue weighted by Gasteiger charge is 2.42. The fraction of sp³-hybridized carbons (Fsp3) is 0.769. The first-order valence-electron chi connectivity index (χ1n) is 6.57. The van der Waals surface area contributed by atoms with Crippen LogP contribution in [0.15, 0.2) is 5.51 Å². The number of hydrogen-bond acceptors (Lipinski definition) is 5. The zero-order valence-corrected chi connectivity index (χ0v) is 12.4. The van der Waals surface area contributed by atoms with Gasteiger partial charge in [0, 0.05) is 23.3 Å². The molecule has 2 N–H and O–H groups in total. The second-order valence-electron chi connectivity index (χ2n) is 5.41. The van der Waals surface area contributed by atoms with Crippen LogP contribution in [0.5, 0.6) is 0 Å². The Morgan fingerprint density at radius 3 is 3.17 bits per heavy atom. The van der Waals surface area contributed by atoms with Crippen LogP contribution in [0.3, 0.4) is 0 Å². The molecule has 0 amide bonds. The summed E-state index contributed by atoms with van der Waals surface area (Å²) < 4.78 is 6.07. The molecule has 1 aromatic heterocycles. The fourth-order valence-corrected chi connectivity index (χ4v) is 5.36. The summed E-state index contributed by atoms with van der Waals surface area (Å²) >= 11 is 3.72. The Morgan fingerprint density at radius 1 is 1.61 bits per heavy atom. The van der Waals surface area contributed by atoms with E-state index >= 15 is 0 Å². The second kappa shape index (κ2) is 5.12. The Morgan fingerprint density at radius 2 is 2.50 bits per heavy atom. The van der Waals surface area contributed by atoms with E-state index in [2.05, 4.69) is 11.9 Å². The molecule has 3 rings (SSSR count). The molecule has 3 unspecified atom stereocenters. The van der Waals surface area contributed by atoms with Crippen LogP contribution >= 0.6 is 23.1 Å².